The van der Waals surface area contributed by atoms with Crippen molar-refractivity contribution in [2.24, 2.45) is 0 Å². The molecular weight excluding hydrogens is 290 g/mol. The molecule has 0 aromatic carbocycles. The Balaban J connectivity index is 3.55. The first-order valence-corrected chi connectivity index (χ1v) is 8.34. The van der Waals surface area contributed by atoms with Gasteiger partial charge in [-0.05, 0) is 6.42 Å². The first-order valence-electron chi connectivity index (χ1n) is 7.83. The Kier molecular flexibility index (Phi) is 12.2. The molecule has 0 aliphatic rings. The number of ether oxygens (including phenoxy) is 1. The number of carboxylic acid groups (broad SMARTS) is 1. The maximum atomic E-state index is 11.4. The van der Waals surface area contributed by atoms with Gasteiger partial charge in [-0.3, -0.25) is 0 Å². The predicted octanol–water partition coefficient (Wildman–Crippen LogP) is 3.62. The maximum Gasteiger partial charge on any atom is 0.407 e. The molecule has 0 aromatic heterocycles. The second-order valence-electron chi connectivity index (χ2n) is 5.31. The van der Waals surface area contributed by atoms with Crippen LogP contribution >= 0.6 is 12.6 Å². The molecule has 5 nitrogen and oxygen atoms in total. The van der Waals surface area contributed by atoms with E-state index in [1.807, 2.05) is 0 Å². The molecule has 124 valence electrons. The third kappa shape index (κ3) is 11.4. The molecule has 0 fully saturated rings. The summed E-state index contributed by atoms with van der Waals surface area (Å²) in [6.07, 6.45) is 8.67. The number of carbonyl (C=O) groups is 2. The van der Waals surface area contributed by atoms with Gasteiger partial charge in [-0.25, -0.2) is 9.59 Å². The molecule has 1 amide bonds. The molecular formula is C15H29NO4S. The molecule has 2 N–H and O–H groups in total. The monoisotopic (exact) mass is 319 g/mol. The Morgan fingerprint density at radius 3 is 2.10 bits per heavy atom. The van der Waals surface area contributed by atoms with Gasteiger partial charge in [0.25, 0.3) is 0 Å². The van der Waals surface area contributed by atoms with Crippen LogP contribution in [0.5, 0.6) is 0 Å². The second kappa shape index (κ2) is 12.8. The molecule has 0 aliphatic heterocycles. The van der Waals surface area contributed by atoms with Crippen LogP contribution in [0.2, 0.25) is 0 Å². The summed E-state index contributed by atoms with van der Waals surface area (Å²) in [5.74, 6) is -1.11. The van der Waals surface area contributed by atoms with Crippen LogP contribution in [0.4, 0.5) is 4.79 Å². The van der Waals surface area contributed by atoms with Crippen molar-refractivity contribution in [2.45, 2.75) is 76.5 Å². The highest BCUT2D eigenvalue weighted by molar-refractivity contribution is 7.81. The molecule has 0 heterocycles. The number of hydrogen-bond acceptors (Lipinski definition) is 4. The van der Waals surface area contributed by atoms with Gasteiger partial charge in [0.2, 0.25) is 0 Å². The van der Waals surface area contributed by atoms with E-state index >= 15 is 0 Å². The SMILES string of the molecule is CCCCCCCCCCOC(=O)N[C@@H](C(=O)O)C(C)S. The molecule has 6 heteroatoms. The third-order valence-electron chi connectivity index (χ3n) is 3.25. The lowest BCUT2D eigenvalue weighted by atomic mass is 10.1. The van der Waals surface area contributed by atoms with Crippen LogP contribution in [0.15, 0.2) is 0 Å². The van der Waals surface area contributed by atoms with E-state index in [1.165, 1.54) is 32.1 Å². The Hall–Kier alpha value is -0.910. The number of carbonyl (C=O) groups excluding carboxylic acids is 1. The molecule has 1 unspecified atom stereocenters. The summed E-state index contributed by atoms with van der Waals surface area (Å²) in [6.45, 7) is 4.14. The smallest absolute Gasteiger partial charge is 0.407 e. The zero-order chi connectivity index (χ0) is 16.1. The Morgan fingerprint density at radius 2 is 1.62 bits per heavy atom. The Bertz CT molecular complexity index is 297. The molecule has 0 aliphatic carbocycles. The van der Waals surface area contributed by atoms with Crippen LogP contribution < -0.4 is 5.32 Å². The molecule has 0 spiro atoms. The van der Waals surface area contributed by atoms with E-state index in [4.69, 9.17) is 9.84 Å². The number of amides is 1. The van der Waals surface area contributed by atoms with Crippen LogP contribution in [0, 0.1) is 0 Å². The average molecular weight is 319 g/mol. The van der Waals surface area contributed by atoms with Gasteiger partial charge < -0.3 is 15.2 Å². The summed E-state index contributed by atoms with van der Waals surface area (Å²) in [5, 5.41) is 10.7. The third-order valence-corrected chi connectivity index (χ3v) is 3.55. The number of nitrogens with one attached hydrogen (secondary N) is 1. The minimum atomic E-state index is -1.11. The van der Waals surface area contributed by atoms with Gasteiger partial charge in [0.15, 0.2) is 0 Å². The van der Waals surface area contributed by atoms with Crippen LogP contribution in [-0.2, 0) is 9.53 Å². The zero-order valence-corrected chi connectivity index (χ0v) is 14.0. The average Bonchev–Trinajstić information content (AvgIpc) is 2.42. The normalized spacial score (nSPS) is 13.5. The van der Waals surface area contributed by atoms with Crippen molar-refractivity contribution in [2.75, 3.05) is 6.61 Å². The number of carboxylic acids is 1. The van der Waals surface area contributed by atoms with E-state index in [-0.39, 0.29) is 0 Å². The van der Waals surface area contributed by atoms with Crippen molar-refractivity contribution >= 4 is 24.7 Å². The summed E-state index contributed by atoms with van der Waals surface area (Å²) < 4.78 is 4.97. The van der Waals surface area contributed by atoms with Gasteiger partial charge in [0.1, 0.15) is 6.04 Å². The molecule has 21 heavy (non-hydrogen) atoms. The quantitative estimate of drug-likeness (QED) is 0.379. The van der Waals surface area contributed by atoms with Gasteiger partial charge in [0.05, 0.1) is 6.61 Å². The van der Waals surface area contributed by atoms with Crippen molar-refractivity contribution < 1.29 is 19.4 Å². The number of hydrogen-bond donors (Lipinski definition) is 3. The second-order valence-corrected chi connectivity index (χ2v) is 6.13. The fraction of sp³-hybridized carbons (Fsp3) is 0.867. The van der Waals surface area contributed by atoms with Crippen LogP contribution in [0.1, 0.15) is 65.2 Å². The molecule has 0 saturated carbocycles. The van der Waals surface area contributed by atoms with E-state index < -0.39 is 23.4 Å². The van der Waals surface area contributed by atoms with Crippen molar-refractivity contribution in [3.63, 3.8) is 0 Å². The minimum Gasteiger partial charge on any atom is -0.480 e. The molecule has 0 rings (SSSR count). The predicted molar refractivity (Wildman–Crippen MR) is 87.0 cm³/mol. The highest BCUT2D eigenvalue weighted by atomic mass is 32.1. The van der Waals surface area contributed by atoms with E-state index in [1.54, 1.807) is 6.92 Å². The number of rotatable bonds is 12. The van der Waals surface area contributed by atoms with Crippen molar-refractivity contribution in [3.8, 4) is 0 Å². The minimum absolute atomic E-state index is 0.327. The van der Waals surface area contributed by atoms with Crippen molar-refractivity contribution in [1.82, 2.24) is 5.32 Å². The van der Waals surface area contributed by atoms with Gasteiger partial charge in [-0.15, -0.1) is 0 Å². The Morgan fingerprint density at radius 1 is 1.10 bits per heavy atom. The molecule has 0 saturated heterocycles. The number of alkyl carbamates (subject to hydrolysis) is 1. The van der Waals surface area contributed by atoms with E-state index in [9.17, 15) is 9.59 Å². The van der Waals surface area contributed by atoms with Crippen LogP contribution in [0.25, 0.3) is 0 Å². The van der Waals surface area contributed by atoms with Crippen molar-refractivity contribution in [3.05, 3.63) is 0 Å². The highest BCUT2D eigenvalue weighted by Crippen LogP contribution is 2.08. The van der Waals surface area contributed by atoms with E-state index in [2.05, 4.69) is 24.9 Å². The zero-order valence-electron chi connectivity index (χ0n) is 13.1. The number of aliphatic carboxylic acids is 1. The highest BCUT2D eigenvalue weighted by Gasteiger charge is 2.24. The fourth-order valence-electron chi connectivity index (χ4n) is 1.96. The topological polar surface area (TPSA) is 75.6 Å². The molecule has 0 bridgehead atoms. The lowest BCUT2D eigenvalue weighted by Gasteiger charge is -2.16. The van der Waals surface area contributed by atoms with Crippen LogP contribution in [0.3, 0.4) is 0 Å². The molecule has 0 radical (unpaired) electrons. The van der Waals surface area contributed by atoms with Crippen LogP contribution in [-0.4, -0.2) is 35.1 Å². The number of thiol groups is 1. The standard InChI is InChI=1S/C15H29NO4S/c1-3-4-5-6-7-8-9-10-11-20-15(19)16-13(12(2)21)14(17)18/h12-13,21H,3-11H2,1-2H3,(H,16,19)(H,17,18)/t12?,13-/m1/s1. The lowest BCUT2D eigenvalue weighted by molar-refractivity contribution is -0.139. The Labute approximate surface area is 133 Å². The summed E-state index contributed by atoms with van der Waals surface area (Å²) in [4.78, 5) is 22.3. The summed E-state index contributed by atoms with van der Waals surface area (Å²) in [7, 11) is 0. The largest absolute Gasteiger partial charge is 0.480 e. The maximum absolute atomic E-state index is 11.4. The summed E-state index contributed by atoms with van der Waals surface area (Å²) in [5.41, 5.74) is 0. The van der Waals surface area contributed by atoms with Gasteiger partial charge in [0, 0.05) is 5.25 Å². The van der Waals surface area contributed by atoms with E-state index in [0.29, 0.717) is 6.61 Å². The molecule has 2 atom stereocenters. The van der Waals surface area contributed by atoms with Gasteiger partial charge in [-0.1, -0.05) is 58.8 Å². The molecule has 0 aromatic rings. The summed E-state index contributed by atoms with van der Waals surface area (Å²) >= 11 is 4.03. The van der Waals surface area contributed by atoms with Crippen molar-refractivity contribution in [1.29, 1.82) is 0 Å². The van der Waals surface area contributed by atoms with Gasteiger partial charge in [-0.2, -0.15) is 12.6 Å². The first-order chi connectivity index (χ1) is 9.99. The fourth-order valence-corrected chi connectivity index (χ4v) is 2.16. The lowest BCUT2D eigenvalue weighted by Crippen LogP contribution is -2.46. The first kappa shape index (κ1) is 20.1. The van der Waals surface area contributed by atoms with E-state index in [0.717, 1.165) is 19.3 Å². The summed E-state index contributed by atoms with van der Waals surface area (Å²) in [6, 6.07) is -1.03. The van der Waals surface area contributed by atoms with Gasteiger partial charge >= 0.3 is 12.1 Å². The number of unbranched alkanes of at least 4 members (excludes halogenated alkanes) is 7.